The van der Waals surface area contributed by atoms with E-state index in [2.05, 4.69) is 90.1 Å². The summed E-state index contributed by atoms with van der Waals surface area (Å²) in [4.78, 5) is 0. The fourth-order valence-corrected chi connectivity index (χ4v) is 5.59. The van der Waals surface area contributed by atoms with E-state index in [0.717, 1.165) is 61.2 Å². The van der Waals surface area contributed by atoms with Crippen LogP contribution in [0.2, 0.25) is 0 Å². The maximum atomic E-state index is 6.10. The molecular weight excluding hydrogens is 464 g/mol. The third-order valence-corrected chi connectivity index (χ3v) is 8.48. The van der Waals surface area contributed by atoms with Crippen LogP contribution in [-0.2, 0) is 0 Å². The Balaban J connectivity index is 1.73. The summed E-state index contributed by atoms with van der Waals surface area (Å²) in [5.74, 6) is 5.19. The Morgan fingerprint density at radius 1 is 0.474 bits per heavy atom. The van der Waals surface area contributed by atoms with Gasteiger partial charge in [0.25, 0.3) is 0 Å². The molecule has 0 bridgehead atoms. The second kappa shape index (κ2) is 19.2. The molecule has 0 radical (unpaired) electrons. The Kier molecular flexibility index (Phi) is 16.3. The first-order valence-electron chi connectivity index (χ1n) is 15.9. The lowest BCUT2D eigenvalue weighted by Crippen LogP contribution is -2.08. The van der Waals surface area contributed by atoms with Crippen molar-refractivity contribution in [2.45, 2.75) is 119 Å². The van der Waals surface area contributed by atoms with Crippen molar-refractivity contribution in [2.75, 3.05) is 13.2 Å². The van der Waals surface area contributed by atoms with E-state index in [1.165, 1.54) is 75.3 Å². The summed E-state index contributed by atoms with van der Waals surface area (Å²) in [6.45, 7) is 15.6. The van der Waals surface area contributed by atoms with Gasteiger partial charge in [-0.15, -0.1) is 0 Å². The number of hydrogen-bond acceptors (Lipinski definition) is 2. The molecule has 0 N–H and O–H groups in total. The van der Waals surface area contributed by atoms with Gasteiger partial charge in [0.1, 0.15) is 11.5 Å². The Bertz CT molecular complexity index is 754. The van der Waals surface area contributed by atoms with Crippen LogP contribution in [0.15, 0.2) is 48.5 Å². The molecule has 2 nitrogen and oxygen atoms in total. The number of hydrogen-bond donors (Lipinski definition) is 0. The lowest BCUT2D eigenvalue weighted by atomic mass is 9.91. The summed E-state index contributed by atoms with van der Waals surface area (Å²) in [5, 5.41) is 0. The van der Waals surface area contributed by atoms with Crippen molar-refractivity contribution in [2.24, 2.45) is 23.7 Å². The zero-order chi connectivity index (χ0) is 27.6. The molecule has 0 saturated carbocycles. The van der Waals surface area contributed by atoms with Crippen molar-refractivity contribution in [3.8, 4) is 22.6 Å². The highest BCUT2D eigenvalue weighted by Crippen LogP contribution is 2.27. The Morgan fingerprint density at radius 2 is 0.842 bits per heavy atom. The van der Waals surface area contributed by atoms with E-state index < -0.39 is 0 Å². The topological polar surface area (TPSA) is 18.5 Å². The summed E-state index contributed by atoms with van der Waals surface area (Å²) in [7, 11) is 0. The van der Waals surface area contributed by atoms with Crippen molar-refractivity contribution < 1.29 is 9.47 Å². The minimum atomic E-state index is 0.775. The SMILES string of the molecule is CCCC(C)CCC(CC)CCOc1ccc(-c2ccc(OCCC(CC)CCC(C)CCC)cc2)cc1. The molecule has 38 heavy (non-hydrogen) atoms. The standard InChI is InChI=1S/C36H58O2/c1-7-11-29(5)13-15-31(9-3)25-27-37-35-21-17-33(18-22-35)34-19-23-36(24-20-34)38-28-26-32(10-4)16-14-30(6)12-8-2/h17-24,29-32H,7-16,25-28H2,1-6H3. The summed E-state index contributed by atoms with van der Waals surface area (Å²) < 4.78 is 12.2. The maximum absolute atomic E-state index is 6.10. The van der Waals surface area contributed by atoms with E-state index >= 15 is 0 Å². The molecule has 214 valence electrons. The summed E-state index contributed by atoms with van der Waals surface area (Å²) in [6, 6.07) is 17.1. The maximum Gasteiger partial charge on any atom is 0.119 e. The van der Waals surface area contributed by atoms with Gasteiger partial charge in [0.2, 0.25) is 0 Å². The molecule has 0 amide bonds. The van der Waals surface area contributed by atoms with Crippen molar-refractivity contribution in [1.82, 2.24) is 0 Å². The molecule has 0 heterocycles. The molecule has 4 atom stereocenters. The van der Waals surface area contributed by atoms with Gasteiger partial charge in [-0.2, -0.15) is 0 Å². The van der Waals surface area contributed by atoms with E-state index in [1.54, 1.807) is 0 Å². The first-order chi connectivity index (χ1) is 18.5. The van der Waals surface area contributed by atoms with Gasteiger partial charge in [-0.1, -0.05) is 130 Å². The van der Waals surface area contributed by atoms with E-state index in [9.17, 15) is 0 Å². The van der Waals surface area contributed by atoms with Crippen LogP contribution in [-0.4, -0.2) is 13.2 Å². The molecule has 0 aliphatic carbocycles. The predicted molar refractivity (Wildman–Crippen MR) is 166 cm³/mol. The molecule has 0 saturated heterocycles. The molecular formula is C36H58O2. The quantitative estimate of drug-likeness (QED) is 0.162. The van der Waals surface area contributed by atoms with E-state index in [-0.39, 0.29) is 0 Å². The van der Waals surface area contributed by atoms with Crippen LogP contribution >= 0.6 is 0 Å². The second-order valence-corrected chi connectivity index (χ2v) is 11.8. The van der Waals surface area contributed by atoms with Gasteiger partial charge >= 0.3 is 0 Å². The molecule has 2 rings (SSSR count). The van der Waals surface area contributed by atoms with Crippen LogP contribution in [0.5, 0.6) is 11.5 Å². The third-order valence-electron chi connectivity index (χ3n) is 8.48. The van der Waals surface area contributed by atoms with Crippen LogP contribution < -0.4 is 9.47 Å². The lowest BCUT2D eigenvalue weighted by molar-refractivity contribution is 0.260. The van der Waals surface area contributed by atoms with Crippen LogP contribution in [0, 0.1) is 23.7 Å². The Hall–Kier alpha value is -1.96. The molecule has 4 unspecified atom stereocenters. The fourth-order valence-electron chi connectivity index (χ4n) is 5.59. The number of ether oxygens (including phenoxy) is 2. The highest BCUT2D eigenvalue weighted by Gasteiger charge is 2.11. The van der Waals surface area contributed by atoms with E-state index in [1.807, 2.05) is 0 Å². The second-order valence-electron chi connectivity index (χ2n) is 11.8. The van der Waals surface area contributed by atoms with E-state index in [4.69, 9.17) is 9.47 Å². The van der Waals surface area contributed by atoms with Gasteiger partial charge in [0.05, 0.1) is 13.2 Å². The smallest absolute Gasteiger partial charge is 0.119 e. The van der Waals surface area contributed by atoms with Crippen LogP contribution in [0.3, 0.4) is 0 Å². The first kappa shape index (κ1) is 32.3. The van der Waals surface area contributed by atoms with Crippen LogP contribution in [0.25, 0.3) is 11.1 Å². The molecule has 0 aliphatic rings. The molecule has 0 spiro atoms. The minimum Gasteiger partial charge on any atom is -0.494 e. The minimum absolute atomic E-state index is 0.775. The van der Waals surface area contributed by atoms with Crippen molar-refractivity contribution in [1.29, 1.82) is 0 Å². The molecule has 2 heteroatoms. The fraction of sp³-hybridized carbons (Fsp3) is 0.667. The van der Waals surface area contributed by atoms with Crippen molar-refractivity contribution in [3.63, 3.8) is 0 Å². The van der Waals surface area contributed by atoms with E-state index in [0.29, 0.717) is 0 Å². The van der Waals surface area contributed by atoms with Gasteiger partial charge in [0, 0.05) is 0 Å². The lowest BCUT2D eigenvalue weighted by Gasteiger charge is -2.18. The van der Waals surface area contributed by atoms with Gasteiger partial charge in [-0.3, -0.25) is 0 Å². The summed E-state index contributed by atoms with van der Waals surface area (Å²) in [6.07, 6.45) is 15.5. The normalized spacial score (nSPS) is 14.6. The predicted octanol–water partition coefficient (Wildman–Crippen LogP) is 11.4. The highest BCUT2D eigenvalue weighted by molar-refractivity contribution is 5.64. The van der Waals surface area contributed by atoms with Crippen LogP contribution in [0.1, 0.15) is 119 Å². The van der Waals surface area contributed by atoms with Gasteiger partial charge in [-0.05, 0) is 71.9 Å². The largest absolute Gasteiger partial charge is 0.494 e. The first-order valence-corrected chi connectivity index (χ1v) is 15.9. The molecule has 2 aromatic carbocycles. The van der Waals surface area contributed by atoms with Gasteiger partial charge in [-0.25, -0.2) is 0 Å². The Labute approximate surface area is 235 Å². The zero-order valence-corrected chi connectivity index (χ0v) is 25.6. The highest BCUT2D eigenvalue weighted by atomic mass is 16.5. The van der Waals surface area contributed by atoms with Crippen molar-refractivity contribution in [3.05, 3.63) is 48.5 Å². The Morgan fingerprint density at radius 3 is 1.16 bits per heavy atom. The van der Waals surface area contributed by atoms with Crippen molar-refractivity contribution >= 4 is 0 Å². The molecule has 2 aromatic rings. The van der Waals surface area contributed by atoms with Gasteiger partial charge < -0.3 is 9.47 Å². The monoisotopic (exact) mass is 522 g/mol. The summed E-state index contributed by atoms with van der Waals surface area (Å²) in [5.41, 5.74) is 2.43. The third kappa shape index (κ3) is 12.7. The van der Waals surface area contributed by atoms with Crippen LogP contribution in [0.4, 0.5) is 0 Å². The summed E-state index contributed by atoms with van der Waals surface area (Å²) >= 11 is 0. The average molecular weight is 523 g/mol. The molecule has 0 fully saturated rings. The molecule has 0 aromatic heterocycles. The molecule has 0 aliphatic heterocycles. The zero-order valence-electron chi connectivity index (χ0n) is 25.6. The number of rotatable bonds is 21. The number of benzene rings is 2. The van der Waals surface area contributed by atoms with Gasteiger partial charge in [0.15, 0.2) is 0 Å². The average Bonchev–Trinajstić information content (AvgIpc) is 2.93.